The van der Waals surface area contributed by atoms with Crippen LogP contribution in [0.15, 0.2) is 24.3 Å². The van der Waals surface area contributed by atoms with E-state index in [9.17, 15) is 9.90 Å². The number of benzene rings is 1. The molecule has 2 amide bonds. The zero-order valence-electron chi connectivity index (χ0n) is 15.0. The lowest BCUT2D eigenvalue weighted by Crippen LogP contribution is -2.39. The van der Waals surface area contributed by atoms with Crippen molar-refractivity contribution in [1.29, 1.82) is 0 Å². The lowest BCUT2D eigenvalue weighted by atomic mass is 9.87. The number of carbonyl (C=O) groups is 1. The Morgan fingerprint density at radius 3 is 2.68 bits per heavy atom. The molecule has 1 saturated carbocycles. The summed E-state index contributed by atoms with van der Waals surface area (Å²) in [5.41, 5.74) is 2.42. The standard InChI is InChI=1S/C20H31N3O2/c24-18-9-6-7-16(13-18)14-21-20(25)22-15-17-8-2-3-10-19(17)23-11-4-1-5-12-23/h2-3,8,10,16,18,24H,1,4-7,9,11-15H2,(H2,21,22,25)/t16-,18+/m0/s1. The molecule has 3 N–H and O–H groups in total. The molecule has 2 atom stereocenters. The van der Waals surface area contributed by atoms with Gasteiger partial charge in [-0.3, -0.25) is 0 Å². The lowest BCUT2D eigenvalue weighted by Gasteiger charge is -2.30. The highest BCUT2D eigenvalue weighted by Gasteiger charge is 2.20. The number of rotatable bonds is 5. The maximum absolute atomic E-state index is 12.1. The van der Waals surface area contributed by atoms with Crippen LogP contribution in [0, 0.1) is 5.92 Å². The maximum Gasteiger partial charge on any atom is 0.315 e. The van der Waals surface area contributed by atoms with Crippen LogP contribution in [0.25, 0.3) is 0 Å². The lowest BCUT2D eigenvalue weighted by molar-refractivity contribution is 0.101. The average molecular weight is 345 g/mol. The van der Waals surface area contributed by atoms with E-state index in [0.717, 1.165) is 38.8 Å². The highest BCUT2D eigenvalue weighted by Crippen LogP contribution is 2.24. The Morgan fingerprint density at radius 1 is 1.08 bits per heavy atom. The molecule has 1 aliphatic carbocycles. The van der Waals surface area contributed by atoms with Crippen LogP contribution in [0.2, 0.25) is 0 Å². The third kappa shape index (κ3) is 5.36. The van der Waals surface area contributed by atoms with Crippen LogP contribution in [-0.4, -0.2) is 36.9 Å². The Bertz CT molecular complexity index is 558. The van der Waals surface area contributed by atoms with Crippen molar-refractivity contribution in [2.45, 2.75) is 57.6 Å². The van der Waals surface area contributed by atoms with Gasteiger partial charge in [-0.1, -0.05) is 24.6 Å². The summed E-state index contributed by atoms with van der Waals surface area (Å²) in [4.78, 5) is 14.6. The molecule has 0 unspecified atom stereocenters. The van der Waals surface area contributed by atoms with Crippen molar-refractivity contribution < 1.29 is 9.90 Å². The van der Waals surface area contributed by atoms with Gasteiger partial charge in [0.25, 0.3) is 0 Å². The molecule has 2 fully saturated rings. The number of para-hydroxylation sites is 1. The molecule has 1 aromatic carbocycles. The largest absolute Gasteiger partial charge is 0.393 e. The zero-order chi connectivity index (χ0) is 17.5. The minimum Gasteiger partial charge on any atom is -0.393 e. The topological polar surface area (TPSA) is 64.6 Å². The number of carbonyl (C=O) groups excluding carboxylic acids is 1. The minimum atomic E-state index is -0.194. The van der Waals surface area contributed by atoms with Gasteiger partial charge >= 0.3 is 6.03 Å². The Hall–Kier alpha value is -1.75. The summed E-state index contributed by atoms with van der Waals surface area (Å²) >= 11 is 0. The van der Waals surface area contributed by atoms with Crippen molar-refractivity contribution >= 4 is 11.7 Å². The monoisotopic (exact) mass is 345 g/mol. The fraction of sp³-hybridized carbons (Fsp3) is 0.650. The number of hydrogen-bond donors (Lipinski definition) is 3. The molecular formula is C20H31N3O2. The molecule has 0 bridgehead atoms. The molecule has 3 rings (SSSR count). The molecule has 0 spiro atoms. The number of piperidine rings is 1. The molecule has 1 heterocycles. The quantitative estimate of drug-likeness (QED) is 0.768. The first-order valence-electron chi connectivity index (χ1n) is 9.75. The van der Waals surface area contributed by atoms with Gasteiger partial charge in [0.2, 0.25) is 0 Å². The number of amides is 2. The van der Waals surface area contributed by atoms with E-state index >= 15 is 0 Å². The predicted octanol–water partition coefficient (Wildman–Crippen LogP) is 3.03. The number of aliphatic hydroxyl groups excluding tert-OH is 1. The summed E-state index contributed by atoms with van der Waals surface area (Å²) in [5.74, 6) is 0.398. The molecule has 25 heavy (non-hydrogen) atoms. The fourth-order valence-electron chi connectivity index (χ4n) is 4.03. The highest BCUT2D eigenvalue weighted by atomic mass is 16.3. The van der Waals surface area contributed by atoms with Gasteiger partial charge in [0.05, 0.1) is 6.10 Å². The van der Waals surface area contributed by atoms with Crippen LogP contribution < -0.4 is 15.5 Å². The molecule has 2 aliphatic rings. The van der Waals surface area contributed by atoms with E-state index in [1.165, 1.54) is 30.5 Å². The second-order valence-electron chi connectivity index (χ2n) is 7.43. The number of nitrogens with zero attached hydrogens (tertiary/aromatic N) is 1. The van der Waals surface area contributed by atoms with Crippen molar-refractivity contribution in [2.75, 3.05) is 24.5 Å². The Balaban J connectivity index is 1.47. The molecule has 1 aliphatic heterocycles. The van der Waals surface area contributed by atoms with Crippen molar-refractivity contribution in [1.82, 2.24) is 10.6 Å². The van der Waals surface area contributed by atoms with Gasteiger partial charge < -0.3 is 20.6 Å². The van der Waals surface area contributed by atoms with E-state index < -0.39 is 0 Å². The van der Waals surface area contributed by atoms with Gasteiger partial charge in [-0.15, -0.1) is 0 Å². The summed E-state index contributed by atoms with van der Waals surface area (Å²) in [7, 11) is 0. The summed E-state index contributed by atoms with van der Waals surface area (Å²) in [6, 6.07) is 8.24. The van der Waals surface area contributed by atoms with Gasteiger partial charge in [0.1, 0.15) is 0 Å². The van der Waals surface area contributed by atoms with Crippen LogP contribution in [-0.2, 0) is 6.54 Å². The Labute approximate surface area is 150 Å². The normalized spacial score (nSPS) is 24.0. The van der Waals surface area contributed by atoms with Crippen molar-refractivity contribution in [3.63, 3.8) is 0 Å². The Kier molecular flexibility index (Phi) is 6.56. The first-order chi connectivity index (χ1) is 12.2. The molecule has 5 nitrogen and oxygen atoms in total. The third-order valence-electron chi connectivity index (χ3n) is 5.43. The van der Waals surface area contributed by atoms with Crippen LogP contribution in [0.3, 0.4) is 0 Å². The van der Waals surface area contributed by atoms with E-state index in [4.69, 9.17) is 0 Å². The van der Waals surface area contributed by atoms with Gasteiger partial charge in [0.15, 0.2) is 0 Å². The number of anilines is 1. The van der Waals surface area contributed by atoms with Crippen LogP contribution in [0.1, 0.15) is 50.5 Å². The minimum absolute atomic E-state index is 0.117. The molecule has 1 saturated heterocycles. The average Bonchev–Trinajstić information content (AvgIpc) is 2.66. The number of hydrogen-bond acceptors (Lipinski definition) is 3. The van der Waals surface area contributed by atoms with E-state index in [1.807, 2.05) is 6.07 Å². The molecule has 0 radical (unpaired) electrons. The van der Waals surface area contributed by atoms with E-state index in [1.54, 1.807) is 0 Å². The molecule has 5 heteroatoms. The van der Waals surface area contributed by atoms with Crippen molar-refractivity contribution in [3.05, 3.63) is 29.8 Å². The number of urea groups is 1. The van der Waals surface area contributed by atoms with Gasteiger partial charge in [0, 0.05) is 31.9 Å². The maximum atomic E-state index is 12.1. The fourth-order valence-corrected chi connectivity index (χ4v) is 4.03. The van der Waals surface area contributed by atoms with E-state index in [0.29, 0.717) is 19.0 Å². The van der Waals surface area contributed by atoms with Crippen LogP contribution in [0.5, 0.6) is 0 Å². The summed E-state index contributed by atoms with van der Waals surface area (Å²) in [6.07, 6.45) is 7.46. The highest BCUT2D eigenvalue weighted by molar-refractivity contribution is 5.74. The first-order valence-corrected chi connectivity index (χ1v) is 9.75. The SMILES string of the molecule is O=C(NCc1ccccc1N1CCCCC1)NC[C@H]1CCC[C@@H](O)C1. The second-order valence-corrected chi connectivity index (χ2v) is 7.43. The van der Waals surface area contributed by atoms with Crippen molar-refractivity contribution in [3.8, 4) is 0 Å². The number of aliphatic hydroxyl groups is 1. The van der Waals surface area contributed by atoms with Crippen LogP contribution in [0.4, 0.5) is 10.5 Å². The molecule has 0 aromatic heterocycles. The smallest absolute Gasteiger partial charge is 0.315 e. The van der Waals surface area contributed by atoms with Gasteiger partial charge in [-0.05, 0) is 56.1 Å². The third-order valence-corrected chi connectivity index (χ3v) is 5.43. The van der Waals surface area contributed by atoms with E-state index in [-0.39, 0.29) is 12.1 Å². The van der Waals surface area contributed by atoms with E-state index in [2.05, 4.69) is 33.7 Å². The molecule has 138 valence electrons. The first kappa shape index (κ1) is 18.1. The molecule has 1 aromatic rings. The zero-order valence-corrected chi connectivity index (χ0v) is 15.0. The van der Waals surface area contributed by atoms with Gasteiger partial charge in [-0.2, -0.15) is 0 Å². The molecular weight excluding hydrogens is 314 g/mol. The Morgan fingerprint density at radius 2 is 1.88 bits per heavy atom. The number of nitrogens with one attached hydrogen (secondary N) is 2. The summed E-state index contributed by atoms with van der Waals surface area (Å²) in [5, 5.41) is 15.7. The summed E-state index contributed by atoms with van der Waals surface area (Å²) < 4.78 is 0. The summed E-state index contributed by atoms with van der Waals surface area (Å²) in [6.45, 7) is 3.41. The van der Waals surface area contributed by atoms with Crippen LogP contribution >= 0.6 is 0 Å². The van der Waals surface area contributed by atoms with Crippen molar-refractivity contribution in [2.24, 2.45) is 5.92 Å². The second kappa shape index (κ2) is 9.09. The van der Waals surface area contributed by atoms with Gasteiger partial charge in [-0.25, -0.2) is 4.79 Å². The predicted molar refractivity (Wildman–Crippen MR) is 101 cm³/mol.